The molecule has 2 amide bonds. The van der Waals surface area contributed by atoms with E-state index in [0.717, 1.165) is 6.07 Å². The van der Waals surface area contributed by atoms with E-state index >= 15 is 0 Å². The van der Waals surface area contributed by atoms with Crippen LogP contribution < -0.4 is 20.1 Å². The van der Waals surface area contributed by atoms with Gasteiger partial charge in [-0.05, 0) is 55.7 Å². The van der Waals surface area contributed by atoms with E-state index in [1.165, 1.54) is 30.3 Å². The van der Waals surface area contributed by atoms with E-state index < -0.39 is 29.7 Å². The third kappa shape index (κ3) is 3.68. The second-order valence-corrected chi connectivity index (χ2v) is 8.83. The molecular weight excluding hydrogens is 453 g/mol. The zero-order valence-electron chi connectivity index (χ0n) is 16.3. The topological polar surface area (TPSA) is 85.9 Å². The highest BCUT2D eigenvalue weighted by Crippen LogP contribution is 2.67. The van der Waals surface area contributed by atoms with Crippen LogP contribution in [0.4, 0.5) is 23.7 Å². The van der Waals surface area contributed by atoms with E-state index in [0.29, 0.717) is 19.3 Å². The lowest BCUT2D eigenvalue weighted by molar-refractivity contribution is -0.286. The van der Waals surface area contributed by atoms with Gasteiger partial charge in [0.05, 0.1) is 11.6 Å². The highest BCUT2D eigenvalue weighted by atomic mass is 35.5. The number of carbonyl (C=O) groups is 2. The number of hydrogen-bond acceptors (Lipinski definition) is 5. The summed E-state index contributed by atoms with van der Waals surface area (Å²) >= 11 is 5.60. The maximum Gasteiger partial charge on any atom is 0.586 e. The number of fused-ring (bicyclic) bond motifs is 1. The summed E-state index contributed by atoms with van der Waals surface area (Å²) < 4.78 is 53.6. The Hall–Kier alpha value is -3.14. The number of halogens is 4. The van der Waals surface area contributed by atoms with Gasteiger partial charge in [-0.15, -0.1) is 8.78 Å². The molecule has 3 aliphatic carbocycles. The van der Waals surface area contributed by atoms with Gasteiger partial charge < -0.3 is 19.5 Å². The monoisotopic (exact) mass is 468 g/mol. The number of carbonyl (C=O) groups excluding carboxylic acids is 2. The lowest BCUT2D eigenvalue weighted by Crippen LogP contribution is -2.76. The maximum absolute atomic E-state index is 13.4. The van der Waals surface area contributed by atoms with Crippen LogP contribution in [0.3, 0.4) is 0 Å². The largest absolute Gasteiger partial charge is 0.586 e. The molecule has 6 rings (SSSR count). The van der Waals surface area contributed by atoms with Gasteiger partial charge in [-0.3, -0.25) is 10.1 Å². The molecule has 2 N–H and O–H groups in total. The molecule has 0 unspecified atom stereocenters. The first-order valence-corrected chi connectivity index (χ1v) is 10.1. The van der Waals surface area contributed by atoms with Crippen molar-refractivity contribution in [1.29, 1.82) is 0 Å². The molecule has 1 heterocycles. The molecule has 32 heavy (non-hydrogen) atoms. The Bertz CT molecular complexity index is 1120. The highest BCUT2D eigenvalue weighted by Gasteiger charge is 2.69. The molecule has 0 atom stereocenters. The summed E-state index contributed by atoms with van der Waals surface area (Å²) in [6.07, 6.45) is -2.59. The summed E-state index contributed by atoms with van der Waals surface area (Å²) in [7, 11) is 0. The predicted molar refractivity (Wildman–Crippen MR) is 106 cm³/mol. The van der Waals surface area contributed by atoms with E-state index in [4.69, 9.17) is 16.3 Å². The molecular formula is C21H16ClF3N2O5. The third-order valence-electron chi connectivity index (χ3n) is 5.86. The Morgan fingerprint density at radius 1 is 1.06 bits per heavy atom. The minimum Gasteiger partial charge on any atom is -0.449 e. The summed E-state index contributed by atoms with van der Waals surface area (Å²) in [6, 6.07) is 7.72. The summed E-state index contributed by atoms with van der Waals surface area (Å²) in [4.78, 5) is 24.5. The number of rotatable bonds is 5. The average molecular weight is 469 g/mol. The molecule has 7 nitrogen and oxygen atoms in total. The maximum atomic E-state index is 13.4. The van der Waals surface area contributed by atoms with E-state index in [-0.39, 0.29) is 39.8 Å². The van der Waals surface area contributed by atoms with E-state index in [9.17, 15) is 22.8 Å². The van der Waals surface area contributed by atoms with Crippen molar-refractivity contribution in [1.82, 2.24) is 5.32 Å². The molecule has 3 saturated carbocycles. The van der Waals surface area contributed by atoms with Crippen molar-refractivity contribution in [3.8, 4) is 11.5 Å². The van der Waals surface area contributed by atoms with Crippen molar-refractivity contribution in [2.45, 2.75) is 31.1 Å². The Morgan fingerprint density at radius 3 is 2.50 bits per heavy atom. The SMILES string of the molecule is O=C(Nc1ccc(Cl)c(F)c1)OCC12CC(NC(=O)c3ccc4c(c3)OC(F)(F)O4)(C1)C2. The second-order valence-electron chi connectivity index (χ2n) is 8.42. The van der Waals surface area contributed by atoms with Crippen LogP contribution in [0.2, 0.25) is 5.02 Å². The fraction of sp³-hybridized carbons (Fsp3) is 0.333. The van der Waals surface area contributed by atoms with Gasteiger partial charge in [0, 0.05) is 22.2 Å². The molecule has 3 fully saturated rings. The zero-order valence-corrected chi connectivity index (χ0v) is 17.1. The van der Waals surface area contributed by atoms with Crippen LogP contribution in [0.25, 0.3) is 0 Å². The third-order valence-corrected chi connectivity index (χ3v) is 6.16. The van der Waals surface area contributed by atoms with Gasteiger partial charge >= 0.3 is 12.4 Å². The van der Waals surface area contributed by atoms with Crippen LogP contribution in [-0.4, -0.2) is 30.4 Å². The normalized spacial score (nSPS) is 25.9. The Kier molecular flexibility index (Phi) is 4.49. The number of hydrogen-bond donors (Lipinski definition) is 2. The first kappa shape index (κ1) is 20.7. The van der Waals surface area contributed by atoms with E-state index in [2.05, 4.69) is 20.1 Å². The molecule has 2 bridgehead atoms. The van der Waals surface area contributed by atoms with Crippen LogP contribution in [0.15, 0.2) is 36.4 Å². The van der Waals surface area contributed by atoms with Gasteiger partial charge in [0.2, 0.25) is 0 Å². The van der Waals surface area contributed by atoms with Crippen LogP contribution in [-0.2, 0) is 4.74 Å². The molecule has 0 aromatic heterocycles. The molecule has 2 aromatic carbocycles. The van der Waals surface area contributed by atoms with Crippen LogP contribution >= 0.6 is 11.6 Å². The second kappa shape index (κ2) is 6.93. The van der Waals surface area contributed by atoms with Crippen LogP contribution in [0.1, 0.15) is 29.6 Å². The van der Waals surface area contributed by atoms with Gasteiger partial charge in [0.15, 0.2) is 11.5 Å². The Morgan fingerprint density at radius 2 is 1.78 bits per heavy atom. The first-order chi connectivity index (χ1) is 15.1. The van der Waals surface area contributed by atoms with Gasteiger partial charge in [-0.2, -0.15) is 0 Å². The zero-order chi connectivity index (χ0) is 22.7. The van der Waals surface area contributed by atoms with Crippen molar-refractivity contribution < 1.29 is 37.0 Å². The van der Waals surface area contributed by atoms with Gasteiger partial charge in [-0.1, -0.05) is 11.6 Å². The fourth-order valence-corrected chi connectivity index (χ4v) is 4.75. The fourth-order valence-electron chi connectivity index (χ4n) is 4.63. The minimum atomic E-state index is -3.74. The molecule has 168 valence electrons. The van der Waals surface area contributed by atoms with E-state index in [1.807, 2.05) is 0 Å². The smallest absolute Gasteiger partial charge is 0.449 e. The Balaban J connectivity index is 1.10. The number of amides is 2. The lowest BCUT2D eigenvalue weighted by Gasteiger charge is -2.70. The van der Waals surface area contributed by atoms with E-state index in [1.54, 1.807) is 0 Å². The lowest BCUT2D eigenvalue weighted by atomic mass is 9.39. The summed E-state index contributed by atoms with van der Waals surface area (Å²) in [5.41, 5.74) is -0.224. The van der Waals surface area contributed by atoms with Crippen molar-refractivity contribution in [2.24, 2.45) is 5.41 Å². The number of nitrogens with one attached hydrogen (secondary N) is 2. The minimum absolute atomic E-state index is 0.0520. The molecule has 0 spiro atoms. The molecule has 2 aromatic rings. The molecule has 1 aliphatic heterocycles. The number of benzene rings is 2. The van der Waals surface area contributed by atoms with Crippen molar-refractivity contribution >= 4 is 29.3 Å². The molecule has 11 heteroatoms. The quantitative estimate of drug-likeness (QED) is 0.664. The van der Waals surface area contributed by atoms with Gasteiger partial charge in [0.1, 0.15) is 5.82 Å². The number of anilines is 1. The predicted octanol–water partition coefficient (Wildman–Crippen LogP) is 4.70. The standard InChI is InChI=1S/C21H16ClF3N2O5/c22-13-3-2-12(6-14(13)23)26-18(29)30-10-19-7-20(8-19,9-19)27-17(28)11-1-4-15-16(5-11)32-21(24,25)31-15/h1-6H,7-10H2,(H,26,29)(H,27,28). The van der Waals surface area contributed by atoms with Crippen LogP contribution in [0, 0.1) is 11.2 Å². The Labute approximate surface area is 184 Å². The van der Waals surface area contributed by atoms with Gasteiger partial charge in [0.25, 0.3) is 5.91 Å². The summed E-state index contributed by atoms with van der Waals surface area (Å²) in [5, 5.41) is 5.30. The molecule has 4 aliphatic rings. The summed E-state index contributed by atoms with van der Waals surface area (Å²) in [5.74, 6) is -1.40. The average Bonchev–Trinajstić information content (AvgIpc) is 2.98. The molecule has 0 saturated heterocycles. The van der Waals surface area contributed by atoms with Crippen molar-refractivity contribution in [3.63, 3.8) is 0 Å². The number of alkyl halides is 2. The number of ether oxygens (including phenoxy) is 3. The summed E-state index contributed by atoms with van der Waals surface area (Å²) in [6.45, 7) is 0.158. The van der Waals surface area contributed by atoms with Gasteiger partial charge in [-0.25, -0.2) is 9.18 Å². The van der Waals surface area contributed by atoms with Crippen molar-refractivity contribution in [2.75, 3.05) is 11.9 Å². The van der Waals surface area contributed by atoms with Crippen LogP contribution in [0.5, 0.6) is 11.5 Å². The van der Waals surface area contributed by atoms with Crippen molar-refractivity contribution in [3.05, 3.63) is 52.8 Å². The highest BCUT2D eigenvalue weighted by molar-refractivity contribution is 6.30. The first-order valence-electron chi connectivity index (χ1n) is 9.67. The molecule has 0 radical (unpaired) electrons.